The number of aromatic nitrogens is 2. The van der Waals surface area contributed by atoms with Crippen molar-refractivity contribution in [2.45, 2.75) is 18.4 Å². The Morgan fingerprint density at radius 1 is 1.21 bits per heavy atom. The van der Waals surface area contributed by atoms with Crippen LogP contribution < -0.4 is 5.56 Å². The normalized spacial score (nSPS) is 13.6. The molecule has 4 rings (SSSR count). The predicted octanol–water partition coefficient (Wildman–Crippen LogP) is 4.40. The summed E-state index contributed by atoms with van der Waals surface area (Å²) in [7, 11) is 0. The minimum absolute atomic E-state index is 0.0807. The molecular formula is C18H15N3OS2. The lowest BCUT2D eigenvalue weighted by atomic mass is 10.1. The van der Waals surface area contributed by atoms with Crippen molar-refractivity contribution in [1.82, 2.24) is 9.97 Å². The highest BCUT2D eigenvalue weighted by atomic mass is 32.2. The third-order valence-electron chi connectivity index (χ3n) is 3.87. The maximum Gasteiger partial charge on any atom is 0.258 e. The summed E-state index contributed by atoms with van der Waals surface area (Å²) in [5.74, 6) is 2.23. The van der Waals surface area contributed by atoms with Gasteiger partial charge in [-0.2, -0.15) is 0 Å². The molecule has 1 aliphatic heterocycles. The molecule has 3 aromatic rings. The fourth-order valence-electron chi connectivity index (χ4n) is 2.64. The number of nitrogens with zero attached hydrogens (tertiary/aromatic N) is 2. The molecule has 0 saturated carbocycles. The summed E-state index contributed by atoms with van der Waals surface area (Å²) in [4.78, 5) is 24.4. The van der Waals surface area contributed by atoms with Crippen LogP contribution in [0.5, 0.6) is 0 Å². The van der Waals surface area contributed by atoms with Crippen molar-refractivity contribution in [3.8, 4) is 0 Å². The van der Waals surface area contributed by atoms with Gasteiger partial charge in [-0.25, -0.2) is 9.98 Å². The number of aliphatic imine (C=N–C) groups is 1. The van der Waals surface area contributed by atoms with Crippen LogP contribution >= 0.6 is 23.5 Å². The number of para-hydroxylation sites is 2. The van der Waals surface area contributed by atoms with Crippen molar-refractivity contribution >= 4 is 44.5 Å². The second kappa shape index (κ2) is 6.45. The van der Waals surface area contributed by atoms with Crippen LogP contribution in [0.25, 0.3) is 10.9 Å². The van der Waals surface area contributed by atoms with Crippen LogP contribution in [0.3, 0.4) is 0 Å². The molecule has 1 N–H and O–H groups in total. The molecule has 0 fully saturated rings. The lowest BCUT2D eigenvalue weighted by Crippen LogP contribution is -2.12. The van der Waals surface area contributed by atoms with E-state index in [0.29, 0.717) is 17.0 Å². The van der Waals surface area contributed by atoms with Crippen LogP contribution in [-0.4, -0.2) is 14.3 Å². The van der Waals surface area contributed by atoms with Crippen molar-refractivity contribution in [2.24, 2.45) is 4.99 Å². The average molecular weight is 353 g/mol. The van der Waals surface area contributed by atoms with Crippen LogP contribution in [0.4, 0.5) is 5.69 Å². The van der Waals surface area contributed by atoms with Crippen LogP contribution in [-0.2, 0) is 11.5 Å². The highest BCUT2D eigenvalue weighted by Crippen LogP contribution is 2.35. The summed E-state index contributed by atoms with van der Waals surface area (Å²) < 4.78 is 1.02. The van der Waals surface area contributed by atoms with Gasteiger partial charge < -0.3 is 4.98 Å². The Morgan fingerprint density at radius 3 is 3.00 bits per heavy atom. The van der Waals surface area contributed by atoms with Gasteiger partial charge >= 0.3 is 0 Å². The molecule has 0 atom stereocenters. The molecule has 6 heteroatoms. The molecular weight excluding hydrogens is 338 g/mol. The number of aryl methyl sites for hydroxylation is 1. The largest absolute Gasteiger partial charge is 0.309 e. The van der Waals surface area contributed by atoms with Crippen molar-refractivity contribution in [1.29, 1.82) is 0 Å². The Bertz CT molecular complexity index is 1010. The number of aromatic amines is 1. The maximum absolute atomic E-state index is 12.2. The first kappa shape index (κ1) is 15.5. The Kier molecular flexibility index (Phi) is 4.16. The van der Waals surface area contributed by atoms with Crippen molar-refractivity contribution in [3.63, 3.8) is 0 Å². The first-order valence-electron chi connectivity index (χ1n) is 7.61. The molecule has 4 nitrogen and oxygen atoms in total. The molecule has 0 amide bonds. The number of fused-ring (bicyclic) bond motifs is 2. The molecule has 0 aliphatic carbocycles. The number of rotatable bonds is 2. The van der Waals surface area contributed by atoms with E-state index in [4.69, 9.17) is 0 Å². The Hall–Kier alpha value is -2.05. The van der Waals surface area contributed by atoms with E-state index in [1.807, 2.05) is 43.3 Å². The maximum atomic E-state index is 12.2. The third kappa shape index (κ3) is 2.99. The van der Waals surface area contributed by atoms with Crippen LogP contribution in [0.2, 0.25) is 0 Å². The molecule has 0 saturated heterocycles. The zero-order chi connectivity index (χ0) is 16.5. The highest BCUT2D eigenvalue weighted by Gasteiger charge is 2.13. The molecule has 0 spiro atoms. The molecule has 1 aromatic heterocycles. The van der Waals surface area contributed by atoms with E-state index in [1.54, 1.807) is 23.5 Å². The SMILES string of the molecule is Cc1cccc2c(=O)[nH]c(CSC3=Nc4ccccc4CS3)nc12. The highest BCUT2D eigenvalue weighted by molar-refractivity contribution is 8.38. The summed E-state index contributed by atoms with van der Waals surface area (Å²) in [5.41, 5.74) is 4.01. The Balaban J connectivity index is 1.59. The molecule has 2 aromatic carbocycles. The Morgan fingerprint density at radius 2 is 2.08 bits per heavy atom. The number of H-pyrrole nitrogens is 1. The van der Waals surface area contributed by atoms with Crippen LogP contribution in [0, 0.1) is 6.92 Å². The standard InChI is InChI=1S/C18H15N3OS2/c1-11-5-4-7-13-16(11)20-15(21-17(13)22)10-24-18-19-14-8-3-2-6-12(14)9-23-18/h2-8H,9-10H2,1H3,(H,20,21,22). The monoisotopic (exact) mass is 353 g/mol. The summed E-state index contributed by atoms with van der Waals surface area (Å²) >= 11 is 3.35. The second-order valence-electron chi connectivity index (χ2n) is 5.57. The zero-order valence-corrected chi connectivity index (χ0v) is 14.7. The molecule has 120 valence electrons. The van der Waals surface area contributed by atoms with E-state index >= 15 is 0 Å². The first-order chi connectivity index (χ1) is 11.7. The van der Waals surface area contributed by atoms with E-state index in [9.17, 15) is 4.79 Å². The van der Waals surface area contributed by atoms with Gasteiger partial charge in [0, 0.05) is 5.75 Å². The van der Waals surface area contributed by atoms with E-state index in [2.05, 4.69) is 21.0 Å². The minimum atomic E-state index is -0.0807. The zero-order valence-electron chi connectivity index (χ0n) is 13.1. The fourth-order valence-corrected chi connectivity index (χ4v) is 4.57. The molecule has 0 radical (unpaired) electrons. The number of hydrogen-bond acceptors (Lipinski definition) is 5. The summed E-state index contributed by atoms with van der Waals surface area (Å²) in [6.45, 7) is 1.98. The fraction of sp³-hybridized carbons (Fsp3) is 0.167. The van der Waals surface area contributed by atoms with Crippen molar-refractivity contribution in [3.05, 3.63) is 69.8 Å². The molecule has 0 unspecified atom stereocenters. The lowest BCUT2D eigenvalue weighted by Gasteiger charge is -2.14. The first-order valence-corrected chi connectivity index (χ1v) is 9.58. The van der Waals surface area contributed by atoms with Gasteiger partial charge in [-0.15, -0.1) is 0 Å². The number of hydrogen-bond donors (Lipinski definition) is 1. The lowest BCUT2D eigenvalue weighted by molar-refractivity contribution is 1.04. The van der Waals surface area contributed by atoms with Gasteiger partial charge in [0.1, 0.15) is 10.2 Å². The molecule has 24 heavy (non-hydrogen) atoms. The summed E-state index contributed by atoms with van der Waals surface area (Å²) in [5, 5.41) is 0.641. The van der Waals surface area contributed by atoms with E-state index in [-0.39, 0.29) is 5.56 Å². The van der Waals surface area contributed by atoms with E-state index in [1.165, 1.54) is 5.56 Å². The van der Waals surface area contributed by atoms with Gasteiger partial charge in [0.15, 0.2) is 0 Å². The van der Waals surface area contributed by atoms with E-state index < -0.39 is 0 Å². The van der Waals surface area contributed by atoms with Gasteiger partial charge in [-0.3, -0.25) is 4.79 Å². The smallest absolute Gasteiger partial charge is 0.258 e. The number of benzene rings is 2. The topological polar surface area (TPSA) is 58.1 Å². The van der Waals surface area contributed by atoms with Gasteiger partial charge in [-0.05, 0) is 30.2 Å². The quantitative estimate of drug-likeness (QED) is 0.742. The van der Waals surface area contributed by atoms with Crippen molar-refractivity contribution < 1.29 is 0 Å². The van der Waals surface area contributed by atoms with Crippen LogP contribution in [0.15, 0.2) is 52.3 Å². The average Bonchev–Trinajstić information content (AvgIpc) is 2.61. The summed E-state index contributed by atoms with van der Waals surface area (Å²) in [6, 6.07) is 13.9. The number of thioether (sulfide) groups is 2. The van der Waals surface area contributed by atoms with Gasteiger partial charge in [0.25, 0.3) is 5.56 Å². The number of nitrogens with one attached hydrogen (secondary N) is 1. The second-order valence-corrected chi connectivity index (χ2v) is 7.75. The predicted molar refractivity (Wildman–Crippen MR) is 103 cm³/mol. The van der Waals surface area contributed by atoms with Crippen molar-refractivity contribution in [2.75, 3.05) is 0 Å². The molecule has 0 bridgehead atoms. The molecule has 1 aliphatic rings. The van der Waals surface area contributed by atoms with Crippen LogP contribution in [0.1, 0.15) is 17.0 Å². The minimum Gasteiger partial charge on any atom is -0.309 e. The third-order valence-corrected chi connectivity index (χ3v) is 6.13. The summed E-state index contributed by atoms with van der Waals surface area (Å²) in [6.07, 6.45) is 0. The van der Waals surface area contributed by atoms with E-state index in [0.717, 1.165) is 26.9 Å². The van der Waals surface area contributed by atoms with Gasteiger partial charge in [-0.1, -0.05) is 53.9 Å². The Labute approximate surface area is 147 Å². The van der Waals surface area contributed by atoms with Gasteiger partial charge in [0.2, 0.25) is 0 Å². The molecule has 2 heterocycles. The van der Waals surface area contributed by atoms with Gasteiger partial charge in [0.05, 0.1) is 22.3 Å².